The van der Waals surface area contributed by atoms with E-state index < -0.39 is 23.6 Å². The fourth-order valence-electron chi connectivity index (χ4n) is 8.80. The highest BCUT2D eigenvalue weighted by Gasteiger charge is 2.40. The maximum Gasteiger partial charge on any atom is 0.331 e. The van der Waals surface area contributed by atoms with Gasteiger partial charge in [-0.3, -0.25) is 39.4 Å². The molecule has 20 nitrogen and oxygen atoms in total. The standard InChI is InChI=1S/C40H44N14O6/c1-6-52-33-30(20(3)47-52)54-21(4)48-53(7-2)38(54)37(58)46-40-44-28-14-23(35(42)56)15-29(59-5)32(28)51(40)11-9-8-10-50-31-24(17-49-18-26-16-25(49)19-60-26)12-22(34(41)55)13-27(31)43-39(50)45-36(33)57/h8-9,12-15,25-26H,6-7,10-11,16-19H2,1-5H3,(H5-,41,42,43,44,45,46,55,56,57,58)/p+1/b9-8+. The number of anilines is 2. The molecule has 2 bridgehead atoms. The van der Waals surface area contributed by atoms with Crippen LogP contribution in [0.25, 0.3) is 27.8 Å². The molecule has 9 rings (SSSR count). The summed E-state index contributed by atoms with van der Waals surface area (Å²) >= 11 is 0. The van der Waals surface area contributed by atoms with E-state index in [9.17, 15) is 19.2 Å². The van der Waals surface area contributed by atoms with Crippen molar-refractivity contribution < 1.29 is 33.2 Å². The van der Waals surface area contributed by atoms with Crippen molar-refractivity contribution in [1.82, 2.24) is 43.6 Å². The van der Waals surface area contributed by atoms with Crippen molar-refractivity contribution in [2.45, 2.75) is 79.0 Å². The molecule has 3 aliphatic heterocycles. The lowest BCUT2D eigenvalue weighted by molar-refractivity contribution is -0.606. The molecule has 7 heterocycles. The van der Waals surface area contributed by atoms with Crippen LogP contribution in [-0.4, -0.2) is 99.6 Å². The Balaban J connectivity index is 1.28. The van der Waals surface area contributed by atoms with Gasteiger partial charge in [0.2, 0.25) is 23.7 Å². The Hall–Kier alpha value is -6.93. The largest absolute Gasteiger partial charge is 0.494 e. The number of imidazole rings is 2. The van der Waals surface area contributed by atoms with Crippen LogP contribution in [0.5, 0.6) is 5.75 Å². The van der Waals surface area contributed by atoms with Gasteiger partial charge in [0.1, 0.15) is 17.8 Å². The number of nitrogens with two attached hydrogens (primary N) is 2. The molecule has 0 saturated carbocycles. The van der Waals surface area contributed by atoms with Crippen LogP contribution in [0, 0.1) is 13.8 Å². The van der Waals surface area contributed by atoms with Crippen LogP contribution in [0.2, 0.25) is 0 Å². The van der Waals surface area contributed by atoms with Crippen LogP contribution < -0.4 is 31.4 Å². The van der Waals surface area contributed by atoms with Crippen molar-refractivity contribution in [3.8, 4) is 11.4 Å². The number of aromatic nitrogens is 9. The molecule has 2 fully saturated rings. The van der Waals surface area contributed by atoms with E-state index >= 15 is 0 Å². The van der Waals surface area contributed by atoms with Gasteiger partial charge in [0.15, 0.2) is 11.4 Å². The Kier molecular flexibility index (Phi) is 9.46. The highest BCUT2D eigenvalue weighted by Crippen LogP contribution is 2.34. The number of likely N-dealkylation sites (tertiary alicyclic amines) is 1. The van der Waals surface area contributed by atoms with Gasteiger partial charge < -0.3 is 30.1 Å². The SMILES string of the molecule is CCn1nc(C)c2c1C(=O)Nc1nc3cc(C(N)=O)cc(CN4CC5CC4CO5)c3n1C/C=C/Cn1c(nc3cc(C(N)=O)cc(OC)c31)NC(=O)c1n(CC)nc(C)[n+]1-2. The minimum Gasteiger partial charge on any atom is -0.494 e. The van der Waals surface area contributed by atoms with Crippen LogP contribution >= 0.6 is 0 Å². The van der Waals surface area contributed by atoms with E-state index in [1.54, 1.807) is 50.5 Å². The Morgan fingerprint density at radius 1 is 0.883 bits per heavy atom. The second kappa shape index (κ2) is 14.7. The highest BCUT2D eigenvalue weighted by atomic mass is 16.5. The van der Waals surface area contributed by atoms with E-state index in [2.05, 4.69) is 15.5 Å². The summed E-state index contributed by atoms with van der Waals surface area (Å²) in [5.41, 5.74) is 16.0. The van der Waals surface area contributed by atoms with Crippen molar-refractivity contribution >= 4 is 57.6 Å². The third-order valence-corrected chi connectivity index (χ3v) is 11.5. The minimum absolute atomic E-state index is 0.116. The quantitative estimate of drug-likeness (QED) is 0.134. The first-order chi connectivity index (χ1) is 28.9. The van der Waals surface area contributed by atoms with Gasteiger partial charge in [0, 0.05) is 61.9 Å². The molecule has 4 amide bonds. The lowest BCUT2D eigenvalue weighted by Gasteiger charge is -2.27. The van der Waals surface area contributed by atoms with Gasteiger partial charge in [-0.25, -0.2) is 9.97 Å². The van der Waals surface area contributed by atoms with E-state index in [4.69, 9.17) is 41.1 Å². The van der Waals surface area contributed by atoms with E-state index in [-0.39, 0.29) is 54.2 Å². The average Bonchev–Trinajstić information content (AvgIpc) is 4.08. The molecule has 4 aromatic heterocycles. The van der Waals surface area contributed by atoms with Crippen LogP contribution in [0.3, 0.4) is 0 Å². The summed E-state index contributed by atoms with van der Waals surface area (Å²) in [6.45, 7) is 10.2. The van der Waals surface area contributed by atoms with Crippen LogP contribution in [-0.2, 0) is 37.5 Å². The van der Waals surface area contributed by atoms with Gasteiger partial charge in [-0.15, -0.1) is 4.68 Å². The van der Waals surface area contributed by atoms with Crippen LogP contribution in [0.15, 0.2) is 36.4 Å². The normalized spacial score (nSPS) is 18.6. The predicted octanol–water partition coefficient (Wildman–Crippen LogP) is 1.97. The van der Waals surface area contributed by atoms with Gasteiger partial charge in [0.25, 0.3) is 11.7 Å². The molecule has 6 N–H and O–H groups in total. The number of carbonyl (C=O) groups excluding carboxylic acids is 4. The number of hydrogen-bond acceptors (Lipinski definition) is 11. The summed E-state index contributed by atoms with van der Waals surface area (Å²) < 4.78 is 20.1. The zero-order valence-electron chi connectivity index (χ0n) is 33.9. The fraction of sp³-hybridized carbons (Fsp3) is 0.375. The molecule has 2 unspecified atom stereocenters. The van der Waals surface area contributed by atoms with Crippen molar-refractivity contribution in [1.29, 1.82) is 0 Å². The maximum absolute atomic E-state index is 14.8. The van der Waals surface area contributed by atoms with Gasteiger partial charge in [-0.05, 0) is 57.0 Å². The molecule has 310 valence electrons. The molecule has 6 aromatic rings. The number of rotatable bonds is 7. The Labute approximate surface area is 342 Å². The molecule has 20 heteroatoms. The lowest BCUT2D eigenvalue weighted by Crippen LogP contribution is -2.44. The smallest absolute Gasteiger partial charge is 0.331 e. The van der Waals surface area contributed by atoms with Crippen molar-refractivity contribution in [2.24, 2.45) is 11.5 Å². The van der Waals surface area contributed by atoms with Crippen LogP contribution in [0.1, 0.15) is 79.2 Å². The number of ether oxygens (including phenoxy) is 2. The zero-order chi connectivity index (χ0) is 42.1. The van der Waals surface area contributed by atoms with Crippen molar-refractivity contribution in [2.75, 3.05) is 30.9 Å². The third kappa shape index (κ3) is 6.25. The Morgan fingerprint density at radius 2 is 1.52 bits per heavy atom. The number of fused-ring (bicyclic) bond motifs is 11. The fourth-order valence-corrected chi connectivity index (χ4v) is 8.80. The number of methoxy groups -OCH3 is 1. The molecule has 2 saturated heterocycles. The first kappa shape index (κ1) is 38.6. The van der Waals surface area contributed by atoms with Gasteiger partial charge in [-0.1, -0.05) is 12.2 Å². The van der Waals surface area contributed by atoms with E-state index in [0.717, 1.165) is 24.0 Å². The average molecular weight is 818 g/mol. The Bertz CT molecular complexity index is 2830. The van der Waals surface area contributed by atoms with Crippen LogP contribution in [0.4, 0.5) is 11.9 Å². The van der Waals surface area contributed by atoms with Gasteiger partial charge in [-0.2, -0.15) is 9.67 Å². The molecule has 0 spiro atoms. The third-order valence-electron chi connectivity index (χ3n) is 11.5. The van der Waals surface area contributed by atoms with Crippen molar-refractivity contribution in [3.63, 3.8) is 0 Å². The number of aryl methyl sites for hydroxylation is 4. The first-order valence-corrected chi connectivity index (χ1v) is 19.8. The second-order valence-electron chi connectivity index (χ2n) is 15.1. The summed E-state index contributed by atoms with van der Waals surface area (Å²) in [6, 6.07) is 6.77. The number of hydrogen-bond donors (Lipinski definition) is 4. The van der Waals surface area contributed by atoms with Gasteiger partial charge >= 0.3 is 11.7 Å². The molecular weight excluding hydrogens is 773 g/mol. The monoisotopic (exact) mass is 817 g/mol. The number of morpholine rings is 1. The number of amides is 4. The molecule has 2 atom stereocenters. The first-order valence-electron chi connectivity index (χ1n) is 19.8. The molecule has 0 aliphatic carbocycles. The molecular formula is C40H45N14O6+. The summed E-state index contributed by atoms with van der Waals surface area (Å²) in [4.78, 5) is 66.5. The zero-order valence-corrected chi connectivity index (χ0v) is 33.9. The van der Waals surface area contributed by atoms with E-state index in [0.29, 0.717) is 71.3 Å². The van der Waals surface area contributed by atoms with E-state index in [1.165, 1.54) is 13.2 Å². The lowest BCUT2D eigenvalue weighted by atomic mass is 10.1. The molecule has 0 radical (unpaired) electrons. The number of carbonyl (C=O) groups is 4. The molecule has 60 heavy (non-hydrogen) atoms. The number of primary amides is 2. The number of nitrogens with zero attached hydrogens (tertiary/aromatic N) is 10. The van der Waals surface area contributed by atoms with Crippen molar-refractivity contribution in [3.05, 3.63) is 76.1 Å². The number of benzene rings is 2. The van der Waals surface area contributed by atoms with Gasteiger partial charge in [0.05, 0.1) is 42.1 Å². The molecule has 3 aliphatic rings. The summed E-state index contributed by atoms with van der Waals surface area (Å²) in [6.07, 6.45) is 4.90. The summed E-state index contributed by atoms with van der Waals surface area (Å²) in [5, 5.41) is 15.5. The highest BCUT2D eigenvalue weighted by molar-refractivity contribution is 6.06. The summed E-state index contributed by atoms with van der Waals surface area (Å²) in [5.74, 6) is -1.08. The minimum atomic E-state index is -0.665. The maximum atomic E-state index is 14.8. The Morgan fingerprint density at radius 3 is 2.12 bits per heavy atom. The topological polar surface area (TPSA) is 241 Å². The second-order valence-corrected chi connectivity index (χ2v) is 15.1. The molecule has 2 aromatic carbocycles. The van der Waals surface area contributed by atoms with E-state index in [1.807, 2.05) is 30.6 Å². The predicted molar refractivity (Wildman–Crippen MR) is 217 cm³/mol. The number of allylic oxidation sites excluding steroid dienone is 2. The number of nitrogens with one attached hydrogen (secondary N) is 2. The summed E-state index contributed by atoms with van der Waals surface area (Å²) in [7, 11) is 1.48.